The van der Waals surface area contributed by atoms with Gasteiger partial charge in [-0.3, -0.25) is 9.80 Å². The normalized spacial score (nSPS) is 17.7. The number of hydrogen-bond donors (Lipinski definition) is 0. The Balaban J connectivity index is 1.48. The SMILES string of the molecule is C/C=C/CC1CCN(Cc2ccc3c(c2)N(COC)c2nccnc2S3)CC1. The molecule has 0 N–H and O–H groups in total. The molecule has 0 amide bonds. The summed E-state index contributed by atoms with van der Waals surface area (Å²) in [6, 6.07) is 6.77. The maximum atomic E-state index is 5.46. The third-order valence-corrected chi connectivity index (χ3v) is 6.55. The predicted molar refractivity (Wildman–Crippen MR) is 114 cm³/mol. The number of likely N-dealkylation sites (tertiary alicyclic amines) is 1. The first-order valence-corrected chi connectivity index (χ1v) is 10.8. The number of ether oxygens (including phenoxy) is 1. The van der Waals surface area contributed by atoms with E-state index < -0.39 is 0 Å². The minimum Gasteiger partial charge on any atom is -0.364 e. The van der Waals surface area contributed by atoms with Crippen LogP contribution in [-0.2, 0) is 11.3 Å². The predicted octanol–water partition coefficient (Wildman–Crippen LogP) is 4.86. The van der Waals surface area contributed by atoms with Crippen molar-refractivity contribution in [3.63, 3.8) is 0 Å². The highest BCUT2D eigenvalue weighted by Crippen LogP contribution is 2.46. The van der Waals surface area contributed by atoms with E-state index in [2.05, 4.69) is 57.0 Å². The lowest BCUT2D eigenvalue weighted by atomic mass is 9.93. The Bertz CT molecular complexity index is 833. The monoisotopic (exact) mass is 396 g/mol. The summed E-state index contributed by atoms with van der Waals surface area (Å²) in [4.78, 5) is 14.9. The smallest absolute Gasteiger partial charge is 0.168 e. The van der Waals surface area contributed by atoms with Crippen LogP contribution in [-0.4, -0.2) is 41.8 Å². The molecule has 5 nitrogen and oxygen atoms in total. The average Bonchev–Trinajstić information content (AvgIpc) is 2.73. The van der Waals surface area contributed by atoms with E-state index >= 15 is 0 Å². The average molecular weight is 397 g/mol. The summed E-state index contributed by atoms with van der Waals surface area (Å²) in [6.07, 6.45) is 11.8. The van der Waals surface area contributed by atoms with Crippen LogP contribution in [0.5, 0.6) is 0 Å². The molecule has 0 aliphatic carbocycles. The Morgan fingerprint density at radius 1 is 1.21 bits per heavy atom. The van der Waals surface area contributed by atoms with E-state index in [1.54, 1.807) is 31.3 Å². The summed E-state index contributed by atoms with van der Waals surface area (Å²) in [6.45, 7) is 5.95. The lowest BCUT2D eigenvalue weighted by molar-refractivity contribution is 0.178. The van der Waals surface area contributed by atoms with Gasteiger partial charge in [0.15, 0.2) is 5.82 Å². The van der Waals surface area contributed by atoms with Crippen LogP contribution in [0.4, 0.5) is 11.5 Å². The standard InChI is InChI=1S/C22H28N4OS/c1-3-4-5-17-8-12-25(13-9-17)15-18-6-7-20-19(14-18)26(16-27-2)21-22(28-20)24-11-10-23-21/h3-4,6-7,10-11,14,17H,5,8-9,12-13,15-16H2,1-2H3/b4-3+. The molecule has 1 fully saturated rings. The molecular weight excluding hydrogens is 368 g/mol. The zero-order valence-corrected chi connectivity index (χ0v) is 17.5. The van der Waals surface area contributed by atoms with Crippen LogP contribution in [0.2, 0.25) is 0 Å². The zero-order chi connectivity index (χ0) is 19.3. The molecule has 148 valence electrons. The fourth-order valence-electron chi connectivity index (χ4n) is 3.98. The maximum Gasteiger partial charge on any atom is 0.168 e. The zero-order valence-electron chi connectivity index (χ0n) is 16.7. The number of methoxy groups -OCH3 is 1. The Morgan fingerprint density at radius 3 is 2.82 bits per heavy atom. The molecule has 2 aliphatic heterocycles. The van der Waals surface area contributed by atoms with Gasteiger partial charge in [-0.2, -0.15) is 0 Å². The Hall–Kier alpha value is -1.89. The van der Waals surface area contributed by atoms with Gasteiger partial charge < -0.3 is 4.74 Å². The van der Waals surface area contributed by atoms with Gasteiger partial charge in [-0.15, -0.1) is 0 Å². The van der Waals surface area contributed by atoms with E-state index in [0.29, 0.717) is 6.73 Å². The fourth-order valence-corrected chi connectivity index (χ4v) is 4.96. The van der Waals surface area contributed by atoms with Crippen LogP contribution in [0.15, 0.2) is 52.7 Å². The molecule has 0 spiro atoms. The molecule has 28 heavy (non-hydrogen) atoms. The first kappa shape index (κ1) is 19.4. The van der Waals surface area contributed by atoms with Crippen molar-refractivity contribution in [3.05, 3.63) is 48.3 Å². The topological polar surface area (TPSA) is 41.5 Å². The van der Waals surface area contributed by atoms with E-state index in [0.717, 1.165) is 23.3 Å². The third-order valence-electron chi connectivity index (χ3n) is 5.50. The van der Waals surface area contributed by atoms with Gasteiger partial charge in [0.2, 0.25) is 0 Å². The highest BCUT2D eigenvalue weighted by Gasteiger charge is 2.26. The fraction of sp³-hybridized carbons (Fsp3) is 0.455. The lowest BCUT2D eigenvalue weighted by Crippen LogP contribution is -2.33. The molecule has 3 heterocycles. The minimum atomic E-state index is 0.471. The molecule has 6 heteroatoms. The highest BCUT2D eigenvalue weighted by atomic mass is 32.2. The molecule has 2 aromatic rings. The number of benzene rings is 1. The number of aromatic nitrogens is 2. The Labute approximate surface area is 171 Å². The van der Waals surface area contributed by atoms with E-state index in [4.69, 9.17) is 4.74 Å². The van der Waals surface area contributed by atoms with Crippen molar-refractivity contribution < 1.29 is 4.74 Å². The van der Waals surface area contributed by atoms with Gasteiger partial charge in [0.05, 0.1) is 5.69 Å². The Kier molecular flexibility index (Phi) is 6.29. The van der Waals surface area contributed by atoms with Gasteiger partial charge in [-0.1, -0.05) is 30.0 Å². The Morgan fingerprint density at radius 2 is 2.04 bits per heavy atom. The molecule has 4 rings (SSSR count). The van der Waals surface area contributed by atoms with Crippen LogP contribution >= 0.6 is 11.8 Å². The maximum absolute atomic E-state index is 5.46. The first-order valence-electron chi connectivity index (χ1n) is 10.00. The van der Waals surface area contributed by atoms with Crippen LogP contribution in [0, 0.1) is 5.92 Å². The van der Waals surface area contributed by atoms with Gasteiger partial charge in [-0.25, -0.2) is 9.97 Å². The second-order valence-electron chi connectivity index (χ2n) is 7.46. The second kappa shape index (κ2) is 9.07. The van der Waals surface area contributed by atoms with Crippen molar-refractivity contribution in [2.75, 3.05) is 31.8 Å². The molecule has 0 radical (unpaired) electrons. The third kappa shape index (κ3) is 4.24. The highest BCUT2D eigenvalue weighted by molar-refractivity contribution is 7.99. The summed E-state index contributed by atoms with van der Waals surface area (Å²) in [5, 5.41) is 0.933. The molecule has 1 aromatic carbocycles. The molecule has 0 unspecified atom stereocenters. The van der Waals surface area contributed by atoms with Crippen molar-refractivity contribution in [3.8, 4) is 0 Å². The number of anilines is 2. The van der Waals surface area contributed by atoms with E-state index in [1.807, 2.05) is 0 Å². The number of hydrogen-bond acceptors (Lipinski definition) is 6. The van der Waals surface area contributed by atoms with Crippen molar-refractivity contribution >= 4 is 23.3 Å². The van der Waals surface area contributed by atoms with Crippen molar-refractivity contribution in [1.29, 1.82) is 0 Å². The lowest BCUT2D eigenvalue weighted by Gasteiger charge is -2.33. The van der Waals surface area contributed by atoms with E-state index in [1.165, 1.54) is 48.5 Å². The second-order valence-corrected chi connectivity index (χ2v) is 8.49. The van der Waals surface area contributed by atoms with E-state index in [9.17, 15) is 0 Å². The number of rotatable bonds is 6. The summed E-state index contributed by atoms with van der Waals surface area (Å²) in [5.41, 5.74) is 2.51. The number of nitrogens with zero attached hydrogens (tertiary/aromatic N) is 4. The minimum absolute atomic E-state index is 0.471. The largest absolute Gasteiger partial charge is 0.364 e. The van der Waals surface area contributed by atoms with Gasteiger partial charge in [0, 0.05) is 30.9 Å². The number of fused-ring (bicyclic) bond motifs is 2. The van der Waals surface area contributed by atoms with Gasteiger partial charge in [-0.05, 0) is 62.9 Å². The van der Waals surface area contributed by atoms with E-state index in [-0.39, 0.29) is 0 Å². The van der Waals surface area contributed by atoms with Gasteiger partial charge in [0.1, 0.15) is 11.8 Å². The molecule has 1 saturated heterocycles. The molecule has 0 bridgehead atoms. The molecule has 0 saturated carbocycles. The molecular formula is C22H28N4OS. The summed E-state index contributed by atoms with van der Waals surface area (Å²) in [5.74, 6) is 1.73. The number of piperidine rings is 1. The van der Waals surface area contributed by atoms with Crippen molar-refractivity contribution in [2.45, 2.75) is 42.7 Å². The number of allylic oxidation sites excluding steroid dienone is 2. The van der Waals surface area contributed by atoms with Crippen LogP contribution < -0.4 is 4.90 Å². The molecule has 2 aliphatic rings. The van der Waals surface area contributed by atoms with Crippen molar-refractivity contribution in [2.24, 2.45) is 5.92 Å². The van der Waals surface area contributed by atoms with Crippen LogP contribution in [0.1, 0.15) is 31.7 Å². The summed E-state index contributed by atoms with van der Waals surface area (Å²) in [7, 11) is 1.72. The van der Waals surface area contributed by atoms with Crippen molar-refractivity contribution in [1.82, 2.24) is 14.9 Å². The quantitative estimate of drug-likeness (QED) is 0.650. The van der Waals surface area contributed by atoms with Gasteiger partial charge >= 0.3 is 0 Å². The summed E-state index contributed by atoms with van der Waals surface area (Å²) >= 11 is 1.68. The van der Waals surface area contributed by atoms with Crippen LogP contribution in [0.25, 0.3) is 0 Å². The van der Waals surface area contributed by atoms with Crippen LogP contribution in [0.3, 0.4) is 0 Å². The molecule has 1 aromatic heterocycles. The van der Waals surface area contributed by atoms with Gasteiger partial charge in [0.25, 0.3) is 0 Å². The summed E-state index contributed by atoms with van der Waals surface area (Å²) < 4.78 is 5.46. The first-order chi connectivity index (χ1) is 13.8. The molecule has 0 atom stereocenters.